The van der Waals surface area contributed by atoms with E-state index < -0.39 is 0 Å². The van der Waals surface area contributed by atoms with E-state index in [0.29, 0.717) is 18.5 Å². The van der Waals surface area contributed by atoms with Crippen LogP contribution in [0.4, 0.5) is 5.69 Å². The molecule has 0 radical (unpaired) electrons. The first kappa shape index (κ1) is 14.8. The molecule has 1 aliphatic rings. The summed E-state index contributed by atoms with van der Waals surface area (Å²) in [5.41, 5.74) is 4.97. The molecular weight excluding hydrogens is 324 g/mol. The molecule has 0 saturated heterocycles. The van der Waals surface area contributed by atoms with Gasteiger partial charge in [-0.15, -0.1) is 0 Å². The molecule has 0 fully saturated rings. The van der Waals surface area contributed by atoms with Gasteiger partial charge in [0, 0.05) is 35.7 Å². The predicted molar refractivity (Wildman–Crippen MR) is 102 cm³/mol. The number of hydrogen-bond acceptors (Lipinski definition) is 4. The number of para-hydroxylation sites is 1. The van der Waals surface area contributed by atoms with Crippen LogP contribution in [0, 0.1) is 0 Å². The normalized spacial score (nSPS) is 13.5. The molecule has 5 rings (SSSR count). The summed E-state index contributed by atoms with van der Waals surface area (Å²) in [6.45, 7) is 0.589. The average Bonchev–Trinajstić information content (AvgIpc) is 3.10. The molecule has 5 heteroatoms. The van der Waals surface area contributed by atoms with Crippen LogP contribution in [0.5, 0.6) is 0 Å². The second-order valence-corrected chi connectivity index (χ2v) is 6.33. The highest BCUT2D eigenvalue weighted by atomic mass is 16.1. The second-order valence-electron chi connectivity index (χ2n) is 6.33. The van der Waals surface area contributed by atoms with Crippen LogP contribution in [-0.4, -0.2) is 27.1 Å². The van der Waals surface area contributed by atoms with Gasteiger partial charge < -0.3 is 5.32 Å². The third-order valence-corrected chi connectivity index (χ3v) is 4.71. The lowest BCUT2D eigenvalue weighted by Crippen LogP contribution is -2.13. The van der Waals surface area contributed by atoms with Crippen LogP contribution >= 0.6 is 0 Å². The molecular formula is C21H16N4O. The molecule has 2 aromatic carbocycles. The van der Waals surface area contributed by atoms with E-state index in [1.165, 1.54) is 0 Å². The Hall–Kier alpha value is -3.47. The summed E-state index contributed by atoms with van der Waals surface area (Å²) in [6, 6.07) is 17.7. The highest BCUT2D eigenvalue weighted by Gasteiger charge is 2.24. The number of Topliss-reactive ketones (excluding diaryl/α,β-unsaturated/α-hetero) is 1. The molecule has 4 aromatic rings. The van der Waals surface area contributed by atoms with E-state index in [1.54, 1.807) is 6.20 Å². The number of aromatic nitrogens is 3. The number of fused-ring (bicyclic) bond motifs is 5. The molecule has 0 bridgehead atoms. The van der Waals surface area contributed by atoms with Crippen LogP contribution in [0.25, 0.3) is 27.8 Å². The first-order valence-electron chi connectivity index (χ1n) is 8.61. The Morgan fingerprint density at radius 1 is 1.00 bits per heavy atom. The minimum Gasteiger partial charge on any atom is -0.382 e. The summed E-state index contributed by atoms with van der Waals surface area (Å²) in [7, 11) is 0. The summed E-state index contributed by atoms with van der Waals surface area (Å²) >= 11 is 0. The predicted octanol–water partition coefficient (Wildman–Crippen LogP) is 4.09. The maximum atomic E-state index is 12.7. The maximum Gasteiger partial charge on any atom is 0.165 e. The molecule has 2 aromatic heterocycles. The van der Waals surface area contributed by atoms with E-state index in [4.69, 9.17) is 5.10 Å². The van der Waals surface area contributed by atoms with E-state index in [1.807, 2.05) is 65.5 Å². The SMILES string of the molecule is O=C1CCNc2cn(-c3ccccc3)nc2-c2c1ccc1cccnc21. The number of nitrogens with zero attached hydrogens (tertiary/aromatic N) is 3. The van der Waals surface area contributed by atoms with Crippen molar-refractivity contribution in [1.29, 1.82) is 0 Å². The fourth-order valence-corrected chi connectivity index (χ4v) is 3.46. The monoisotopic (exact) mass is 340 g/mol. The zero-order chi connectivity index (χ0) is 17.5. The van der Waals surface area contributed by atoms with Gasteiger partial charge >= 0.3 is 0 Å². The van der Waals surface area contributed by atoms with Crippen LogP contribution in [0.3, 0.4) is 0 Å². The van der Waals surface area contributed by atoms with Crippen LogP contribution in [0.15, 0.2) is 67.0 Å². The van der Waals surface area contributed by atoms with Crippen molar-refractivity contribution in [2.24, 2.45) is 0 Å². The quantitative estimate of drug-likeness (QED) is 0.567. The van der Waals surface area contributed by atoms with Crippen LogP contribution in [-0.2, 0) is 0 Å². The fraction of sp³-hybridized carbons (Fsp3) is 0.0952. The molecule has 0 saturated carbocycles. The number of benzene rings is 2. The van der Waals surface area contributed by atoms with Gasteiger partial charge in [0.15, 0.2) is 5.78 Å². The fourth-order valence-electron chi connectivity index (χ4n) is 3.46. The molecule has 126 valence electrons. The summed E-state index contributed by atoms with van der Waals surface area (Å²) in [6.07, 6.45) is 4.18. The highest BCUT2D eigenvalue weighted by Crippen LogP contribution is 2.37. The van der Waals surface area contributed by atoms with Crippen molar-refractivity contribution < 1.29 is 4.79 Å². The van der Waals surface area contributed by atoms with Crippen LogP contribution in [0.1, 0.15) is 16.8 Å². The summed E-state index contributed by atoms with van der Waals surface area (Å²) in [5, 5.41) is 9.17. The van der Waals surface area contributed by atoms with Gasteiger partial charge in [-0.05, 0) is 24.3 Å². The first-order valence-corrected chi connectivity index (χ1v) is 8.61. The van der Waals surface area contributed by atoms with Crippen molar-refractivity contribution in [2.45, 2.75) is 6.42 Å². The zero-order valence-electron chi connectivity index (χ0n) is 14.0. The molecule has 0 aliphatic carbocycles. The Labute approximate surface area is 150 Å². The summed E-state index contributed by atoms with van der Waals surface area (Å²) < 4.78 is 1.85. The maximum absolute atomic E-state index is 12.7. The number of ketones is 1. The molecule has 1 aliphatic heterocycles. The van der Waals surface area contributed by atoms with Gasteiger partial charge in [0.05, 0.1) is 23.1 Å². The number of nitrogens with one attached hydrogen (secondary N) is 1. The molecule has 1 N–H and O–H groups in total. The largest absolute Gasteiger partial charge is 0.382 e. The molecule has 0 unspecified atom stereocenters. The van der Waals surface area contributed by atoms with Gasteiger partial charge in [-0.3, -0.25) is 9.78 Å². The topological polar surface area (TPSA) is 59.8 Å². The lowest BCUT2D eigenvalue weighted by atomic mass is 9.94. The van der Waals surface area contributed by atoms with Gasteiger partial charge in [-0.2, -0.15) is 5.10 Å². The first-order chi connectivity index (χ1) is 12.8. The summed E-state index contributed by atoms with van der Waals surface area (Å²) in [5.74, 6) is 0.111. The number of hydrogen-bond donors (Lipinski definition) is 1. The summed E-state index contributed by atoms with van der Waals surface area (Å²) in [4.78, 5) is 17.2. The number of carbonyl (C=O) groups is 1. The number of pyridine rings is 1. The molecule has 3 heterocycles. The highest BCUT2D eigenvalue weighted by molar-refractivity contribution is 6.11. The van der Waals surface area contributed by atoms with E-state index in [9.17, 15) is 4.79 Å². The second kappa shape index (κ2) is 5.81. The van der Waals surface area contributed by atoms with Crippen LogP contribution < -0.4 is 5.32 Å². The Morgan fingerprint density at radius 2 is 1.88 bits per heavy atom. The van der Waals surface area contributed by atoms with Gasteiger partial charge in [0.25, 0.3) is 0 Å². The van der Waals surface area contributed by atoms with Gasteiger partial charge in [0.1, 0.15) is 5.69 Å². The molecule has 5 nitrogen and oxygen atoms in total. The van der Waals surface area contributed by atoms with Gasteiger partial charge in [0.2, 0.25) is 0 Å². The third-order valence-electron chi connectivity index (χ3n) is 4.71. The number of carbonyl (C=O) groups excluding carboxylic acids is 1. The Kier molecular flexibility index (Phi) is 3.31. The Morgan fingerprint density at radius 3 is 2.77 bits per heavy atom. The van der Waals surface area contributed by atoms with E-state index in [0.717, 1.165) is 33.5 Å². The third kappa shape index (κ3) is 2.29. The lowest BCUT2D eigenvalue weighted by Gasteiger charge is -2.15. The lowest BCUT2D eigenvalue weighted by molar-refractivity contribution is 0.0987. The van der Waals surface area contributed by atoms with Crippen LogP contribution in [0.2, 0.25) is 0 Å². The standard InChI is InChI=1S/C21H16N4O/c26-18-10-12-22-17-13-25(15-6-2-1-3-7-15)24-21(17)19-16(18)9-8-14-5-4-11-23-20(14)19/h1-9,11,13,22H,10,12H2. The van der Waals surface area contributed by atoms with Crippen molar-refractivity contribution in [2.75, 3.05) is 11.9 Å². The average molecular weight is 340 g/mol. The van der Waals surface area contributed by atoms with E-state index in [2.05, 4.69) is 10.3 Å². The van der Waals surface area contributed by atoms with Crippen molar-refractivity contribution in [3.05, 3.63) is 72.6 Å². The molecule has 0 atom stereocenters. The molecule has 0 amide bonds. The van der Waals surface area contributed by atoms with Crippen molar-refractivity contribution >= 4 is 22.4 Å². The Balaban J connectivity index is 1.82. The van der Waals surface area contributed by atoms with E-state index >= 15 is 0 Å². The number of anilines is 1. The minimum atomic E-state index is 0.111. The smallest absolute Gasteiger partial charge is 0.165 e. The molecule has 0 spiro atoms. The van der Waals surface area contributed by atoms with Crippen molar-refractivity contribution in [3.63, 3.8) is 0 Å². The van der Waals surface area contributed by atoms with Gasteiger partial charge in [-0.25, -0.2) is 4.68 Å². The van der Waals surface area contributed by atoms with Gasteiger partial charge in [-0.1, -0.05) is 30.3 Å². The minimum absolute atomic E-state index is 0.111. The van der Waals surface area contributed by atoms with Crippen molar-refractivity contribution in [3.8, 4) is 16.9 Å². The van der Waals surface area contributed by atoms with E-state index in [-0.39, 0.29) is 5.78 Å². The Bertz CT molecular complexity index is 1130. The molecule has 26 heavy (non-hydrogen) atoms. The van der Waals surface area contributed by atoms with Crippen molar-refractivity contribution in [1.82, 2.24) is 14.8 Å². The zero-order valence-corrected chi connectivity index (χ0v) is 14.0. The number of rotatable bonds is 1.